The number of halogens is 3. The van der Waals surface area contributed by atoms with E-state index in [4.69, 9.17) is 0 Å². The van der Waals surface area contributed by atoms with Crippen LogP contribution in [0.1, 0.15) is 0 Å². The van der Waals surface area contributed by atoms with Crippen LogP contribution in [0.4, 0.5) is 12.9 Å². The number of aromatic nitrogens is 3. The molecule has 0 N–H and O–H groups in total. The maximum Gasteiger partial charge on any atom is 0.513 e. The number of fused-ring (bicyclic) bond motifs is 1. The van der Waals surface area contributed by atoms with Gasteiger partial charge in [-0.25, -0.2) is 0 Å². The Morgan fingerprint density at radius 2 is 2.00 bits per heavy atom. The van der Waals surface area contributed by atoms with E-state index in [0.717, 1.165) is 10.8 Å². The molecule has 68 valence electrons. The van der Waals surface area contributed by atoms with E-state index < -0.39 is 12.4 Å². The van der Waals surface area contributed by atoms with E-state index >= 15 is 0 Å². The van der Waals surface area contributed by atoms with Crippen LogP contribution in [-0.4, -0.2) is 21.8 Å². The zero-order valence-electron chi connectivity index (χ0n) is 6.36. The predicted octanol–water partition coefficient (Wildman–Crippen LogP) is 0.784. The van der Waals surface area contributed by atoms with E-state index in [0.29, 0.717) is 0 Å². The average Bonchev–Trinajstić information content (AvgIpc) is 2.45. The van der Waals surface area contributed by atoms with Crippen molar-refractivity contribution >= 4 is 18.0 Å². The molecule has 0 bridgehead atoms. The molecule has 0 saturated carbocycles. The van der Waals surface area contributed by atoms with Crippen molar-refractivity contribution < 1.29 is 12.9 Å². The van der Waals surface area contributed by atoms with Crippen molar-refractivity contribution in [3.63, 3.8) is 0 Å². The third kappa shape index (κ3) is 1.26. The lowest BCUT2D eigenvalue weighted by Crippen LogP contribution is -2.33. The van der Waals surface area contributed by atoms with Gasteiger partial charge in [-0.15, -0.1) is 0 Å². The molecule has 0 aromatic carbocycles. The summed E-state index contributed by atoms with van der Waals surface area (Å²) >= 11 is 0. The van der Waals surface area contributed by atoms with Crippen LogP contribution in [0.25, 0.3) is 5.52 Å². The lowest BCUT2D eigenvalue weighted by Gasteiger charge is -2.11. The molecule has 0 radical (unpaired) electrons. The van der Waals surface area contributed by atoms with Crippen LogP contribution in [0, 0.1) is 0 Å². The predicted molar refractivity (Wildman–Crippen MR) is 41.7 cm³/mol. The third-order valence-electron chi connectivity index (χ3n) is 1.69. The van der Waals surface area contributed by atoms with Crippen LogP contribution in [-0.2, 0) is 0 Å². The third-order valence-corrected chi connectivity index (χ3v) is 1.69. The van der Waals surface area contributed by atoms with Gasteiger partial charge in [0.1, 0.15) is 0 Å². The highest BCUT2D eigenvalue weighted by Gasteiger charge is 2.29. The fraction of sp³-hybridized carbons (Fsp3) is 0. The molecule has 2 aromatic heterocycles. The maximum absolute atomic E-state index is 12.3. The van der Waals surface area contributed by atoms with Crippen molar-refractivity contribution in [3.8, 4) is 0 Å². The second kappa shape index (κ2) is 2.48. The van der Waals surface area contributed by atoms with Gasteiger partial charge in [-0.1, -0.05) is 5.46 Å². The van der Waals surface area contributed by atoms with Crippen molar-refractivity contribution in [1.82, 2.24) is 14.8 Å². The number of hydrogen-bond donors (Lipinski definition) is 0. The minimum atomic E-state index is -5.00. The topological polar surface area (TPSA) is 30.2 Å². The van der Waals surface area contributed by atoms with Gasteiger partial charge in [0.2, 0.25) is 0 Å². The Balaban J connectivity index is 2.72. The van der Waals surface area contributed by atoms with Gasteiger partial charge in [-0.05, 0) is 12.1 Å². The Morgan fingerprint density at radius 1 is 1.23 bits per heavy atom. The highest BCUT2D eigenvalue weighted by atomic mass is 19.4. The molecule has 0 saturated heterocycles. The standard InChI is InChI=1S/C6H4BF3N3/c8-7(9,10)5-4-12-13-6(5)2-1-3-11-13/h1-4H/q-1. The molecule has 2 aromatic rings. The molecule has 0 atom stereocenters. The molecule has 0 amide bonds. The first-order valence-electron chi connectivity index (χ1n) is 3.58. The Hall–Kier alpha value is -1.53. The summed E-state index contributed by atoms with van der Waals surface area (Å²) in [5, 5.41) is 7.12. The van der Waals surface area contributed by atoms with Crippen LogP contribution >= 0.6 is 0 Å². The second-order valence-corrected chi connectivity index (χ2v) is 2.57. The minimum absolute atomic E-state index is 0.00463. The van der Waals surface area contributed by atoms with Gasteiger partial charge in [0.05, 0.1) is 5.52 Å². The molecule has 0 aliphatic rings. The SMILES string of the molecule is F[B-](F)(F)c1cnn2ncccc12. The highest BCUT2D eigenvalue weighted by molar-refractivity contribution is 6.75. The quantitative estimate of drug-likeness (QED) is 0.616. The molecule has 13 heavy (non-hydrogen) atoms. The number of hydrogen-bond acceptors (Lipinski definition) is 2. The summed E-state index contributed by atoms with van der Waals surface area (Å²) in [7, 11) is 0. The zero-order chi connectivity index (χ0) is 9.47. The minimum Gasteiger partial charge on any atom is -0.445 e. The summed E-state index contributed by atoms with van der Waals surface area (Å²) in [5.41, 5.74) is -0.705. The molecular formula is C6H4BF3N3-. The Bertz CT molecular complexity index is 436. The Labute approximate surface area is 71.2 Å². The summed E-state index contributed by atoms with van der Waals surface area (Å²) in [6, 6.07) is 2.78. The molecule has 0 spiro atoms. The van der Waals surface area contributed by atoms with Crippen molar-refractivity contribution in [3.05, 3.63) is 24.5 Å². The molecule has 0 unspecified atom stereocenters. The molecule has 2 rings (SSSR count). The van der Waals surface area contributed by atoms with E-state index in [2.05, 4.69) is 10.2 Å². The molecule has 0 aliphatic carbocycles. The highest BCUT2D eigenvalue weighted by Crippen LogP contribution is 2.11. The van der Waals surface area contributed by atoms with Crippen LogP contribution in [0.15, 0.2) is 24.5 Å². The van der Waals surface area contributed by atoms with E-state index in [9.17, 15) is 12.9 Å². The van der Waals surface area contributed by atoms with Gasteiger partial charge in [0, 0.05) is 12.4 Å². The van der Waals surface area contributed by atoms with Gasteiger partial charge >= 0.3 is 6.98 Å². The van der Waals surface area contributed by atoms with Gasteiger partial charge in [0.25, 0.3) is 0 Å². The van der Waals surface area contributed by atoms with E-state index in [-0.39, 0.29) is 5.52 Å². The zero-order valence-corrected chi connectivity index (χ0v) is 6.36. The van der Waals surface area contributed by atoms with E-state index in [1.54, 1.807) is 0 Å². The van der Waals surface area contributed by atoms with E-state index in [1.807, 2.05) is 0 Å². The molecule has 7 heteroatoms. The van der Waals surface area contributed by atoms with Crippen LogP contribution < -0.4 is 5.46 Å². The average molecular weight is 186 g/mol. The molecular weight excluding hydrogens is 182 g/mol. The van der Waals surface area contributed by atoms with Gasteiger partial charge in [0.15, 0.2) is 0 Å². The maximum atomic E-state index is 12.3. The van der Waals surface area contributed by atoms with Crippen molar-refractivity contribution in [2.75, 3.05) is 0 Å². The normalized spacial score (nSPS) is 12.2. The summed E-state index contributed by atoms with van der Waals surface area (Å²) in [5.74, 6) is 0. The van der Waals surface area contributed by atoms with E-state index in [1.165, 1.54) is 18.3 Å². The van der Waals surface area contributed by atoms with Crippen LogP contribution in [0.2, 0.25) is 0 Å². The summed E-state index contributed by atoms with van der Waals surface area (Å²) in [4.78, 5) is 0. The fourth-order valence-electron chi connectivity index (χ4n) is 1.10. The van der Waals surface area contributed by atoms with Gasteiger partial charge in [-0.3, -0.25) is 0 Å². The number of nitrogens with zero attached hydrogens (tertiary/aromatic N) is 3. The van der Waals surface area contributed by atoms with Gasteiger partial charge < -0.3 is 12.9 Å². The fourth-order valence-corrected chi connectivity index (χ4v) is 1.10. The first-order chi connectivity index (χ1) is 6.09. The summed E-state index contributed by atoms with van der Waals surface area (Å²) in [6.45, 7) is -5.00. The lowest BCUT2D eigenvalue weighted by molar-refractivity contribution is 0.501. The number of rotatable bonds is 1. The monoisotopic (exact) mass is 186 g/mol. The smallest absolute Gasteiger partial charge is 0.445 e. The second-order valence-electron chi connectivity index (χ2n) is 2.57. The molecule has 0 fully saturated rings. The van der Waals surface area contributed by atoms with Crippen LogP contribution in [0.5, 0.6) is 0 Å². The first-order valence-corrected chi connectivity index (χ1v) is 3.58. The lowest BCUT2D eigenvalue weighted by atomic mass is 9.81. The molecule has 3 nitrogen and oxygen atoms in total. The summed E-state index contributed by atoms with van der Waals surface area (Å²) in [6.07, 6.45) is 2.18. The van der Waals surface area contributed by atoms with Gasteiger partial charge in [-0.2, -0.15) is 14.8 Å². The molecule has 2 heterocycles. The van der Waals surface area contributed by atoms with Crippen molar-refractivity contribution in [2.24, 2.45) is 0 Å². The van der Waals surface area contributed by atoms with Crippen LogP contribution in [0.3, 0.4) is 0 Å². The summed E-state index contributed by atoms with van der Waals surface area (Å²) < 4.78 is 38.0. The Kier molecular flexibility index (Phi) is 1.54. The van der Waals surface area contributed by atoms with Crippen molar-refractivity contribution in [2.45, 2.75) is 0 Å². The Morgan fingerprint density at radius 3 is 2.69 bits per heavy atom. The van der Waals surface area contributed by atoms with Crippen molar-refractivity contribution in [1.29, 1.82) is 0 Å². The first kappa shape index (κ1) is 8.09. The molecule has 0 aliphatic heterocycles. The largest absolute Gasteiger partial charge is 0.513 e.